The van der Waals surface area contributed by atoms with Crippen molar-refractivity contribution in [2.75, 3.05) is 13.1 Å². The van der Waals surface area contributed by atoms with Gasteiger partial charge in [-0.15, -0.1) is 22.7 Å². The molecule has 5 aromatic rings. The van der Waals surface area contributed by atoms with E-state index in [-0.39, 0.29) is 25.3 Å². The Morgan fingerprint density at radius 3 is 1.43 bits per heavy atom. The van der Waals surface area contributed by atoms with Gasteiger partial charge in [-0.25, -0.2) is 9.59 Å². The number of carbonyl (C=O) groups is 2. The first kappa shape index (κ1) is 32.8. The highest BCUT2D eigenvalue weighted by Gasteiger charge is 2.23. The van der Waals surface area contributed by atoms with Gasteiger partial charge in [0, 0.05) is 44.1 Å². The van der Waals surface area contributed by atoms with E-state index in [1.807, 2.05) is 54.6 Å². The maximum absolute atomic E-state index is 13.0. The number of nitrogens with one attached hydrogen (secondary N) is 2. The topological polar surface area (TPSA) is 106 Å². The fourth-order valence-electron chi connectivity index (χ4n) is 5.11. The standard InChI is InChI=1S/C35H37N5O4S2/c41-34(43-23-32-18-36-25-45-32)38-30(16-27-10-4-1-5-11-27)21-40(20-29-14-8-3-9-15-29)22-31(17-28-12-6-2-7-13-28)39-35(42)44-24-33-19-37-26-46-33/h1-15,18-19,25-26,30-31H,16-17,20-24H2,(H,38,41)(H,39,42)/t30-,31-/m1/s1. The highest BCUT2D eigenvalue weighted by molar-refractivity contribution is 7.09. The number of alkyl carbamates (subject to hydrolysis) is 2. The minimum Gasteiger partial charge on any atom is -0.444 e. The molecular formula is C35H37N5O4S2. The minimum absolute atomic E-state index is 0.162. The van der Waals surface area contributed by atoms with Gasteiger partial charge in [0.2, 0.25) is 0 Å². The smallest absolute Gasteiger partial charge is 0.407 e. The van der Waals surface area contributed by atoms with Gasteiger partial charge >= 0.3 is 12.2 Å². The molecule has 5 rings (SSSR count). The zero-order valence-electron chi connectivity index (χ0n) is 25.4. The Labute approximate surface area is 277 Å². The monoisotopic (exact) mass is 655 g/mol. The molecule has 2 aromatic heterocycles. The van der Waals surface area contributed by atoms with Crippen molar-refractivity contribution in [1.29, 1.82) is 0 Å². The largest absolute Gasteiger partial charge is 0.444 e. The van der Waals surface area contributed by atoms with Gasteiger partial charge in [0.25, 0.3) is 0 Å². The number of rotatable bonds is 16. The van der Waals surface area contributed by atoms with Crippen molar-refractivity contribution in [3.05, 3.63) is 141 Å². The maximum Gasteiger partial charge on any atom is 0.407 e. The number of aromatic nitrogens is 2. The quantitative estimate of drug-likeness (QED) is 0.125. The first-order valence-corrected chi connectivity index (χ1v) is 16.8. The van der Waals surface area contributed by atoms with E-state index < -0.39 is 12.2 Å². The molecule has 2 N–H and O–H groups in total. The minimum atomic E-state index is -0.486. The average Bonchev–Trinajstić information content (AvgIpc) is 3.79. The van der Waals surface area contributed by atoms with Crippen LogP contribution in [-0.4, -0.2) is 52.2 Å². The molecule has 2 atom stereocenters. The summed E-state index contributed by atoms with van der Waals surface area (Å²) in [5.74, 6) is 0. The molecule has 0 aliphatic heterocycles. The number of ether oxygens (including phenoxy) is 2. The van der Waals surface area contributed by atoms with E-state index in [9.17, 15) is 9.59 Å². The lowest BCUT2D eigenvalue weighted by Gasteiger charge is -2.32. The lowest BCUT2D eigenvalue weighted by molar-refractivity contribution is 0.126. The Bertz CT molecular complexity index is 1470. The lowest BCUT2D eigenvalue weighted by atomic mass is 10.0. The van der Waals surface area contributed by atoms with E-state index in [2.05, 4.69) is 61.9 Å². The van der Waals surface area contributed by atoms with Gasteiger partial charge in [0.1, 0.15) is 13.2 Å². The highest BCUT2D eigenvalue weighted by atomic mass is 32.1. The second kappa shape index (κ2) is 17.8. The van der Waals surface area contributed by atoms with E-state index in [0.29, 0.717) is 32.5 Å². The summed E-state index contributed by atoms with van der Waals surface area (Å²) in [5, 5.41) is 6.22. The van der Waals surface area contributed by atoms with Gasteiger partial charge in [-0.1, -0.05) is 91.0 Å². The Balaban J connectivity index is 1.33. The fourth-order valence-corrected chi connectivity index (χ4v) is 6.12. The predicted octanol–water partition coefficient (Wildman–Crippen LogP) is 6.48. The van der Waals surface area contributed by atoms with Gasteiger partial charge in [0.05, 0.1) is 20.8 Å². The van der Waals surface area contributed by atoms with E-state index in [1.165, 1.54) is 22.7 Å². The zero-order valence-corrected chi connectivity index (χ0v) is 27.0. The first-order chi connectivity index (χ1) is 22.6. The second-order valence-electron chi connectivity index (χ2n) is 10.8. The van der Waals surface area contributed by atoms with Crippen molar-refractivity contribution in [2.24, 2.45) is 0 Å². The van der Waals surface area contributed by atoms with Crippen LogP contribution in [0, 0.1) is 0 Å². The van der Waals surface area contributed by atoms with Crippen molar-refractivity contribution in [1.82, 2.24) is 25.5 Å². The summed E-state index contributed by atoms with van der Waals surface area (Å²) in [7, 11) is 0. The molecule has 2 heterocycles. The molecule has 9 nitrogen and oxygen atoms in total. The summed E-state index contributed by atoms with van der Waals surface area (Å²) < 4.78 is 11.1. The third-order valence-corrected chi connectivity index (χ3v) is 8.66. The predicted molar refractivity (Wildman–Crippen MR) is 180 cm³/mol. The number of hydrogen-bond donors (Lipinski definition) is 2. The molecule has 46 heavy (non-hydrogen) atoms. The van der Waals surface area contributed by atoms with Gasteiger partial charge < -0.3 is 20.1 Å². The van der Waals surface area contributed by atoms with Crippen LogP contribution in [0.3, 0.4) is 0 Å². The molecule has 0 aliphatic carbocycles. The third kappa shape index (κ3) is 11.4. The summed E-state index contributed by atoms with van der Waals surface area (Å²) in [5.41, 5.74) is 6.75. The van der Waals surface area contributed by atoms with Crippen molar-refractivity contribution >= 4 is 34.9 Å². The summed E-state index contributed by atoms with van der Waals surface area (Å²) in [6, 6.07) is 29.8. The van der Waals surface area contributed by atoms with Crippen LogP contribution < -0.4 is 10.6 Å². The molecule has 0 radical (unpaired) electrons. The lowest BCUT2D eigenvalue weighted by Crippen LogP contribution is -2.50. The van der Waals surface area contributed by atoms with Crippen LogP contribution in [0.25, 0.3) is 0 Å². The number of carbonyl (C=O) groups excluding carboxylic acids is 2. The molecule has 0 spiro atoms. The van der Waals surface area contributed by atoms with Gasteiger partial charge in [-0.3, -0.25) is 14.9 Å². The molecule has 2 amide bonds. The molecule has 0 aliphatic rings. The van der Waals surface area contributed by atoms with Crippen LogP contribution in [0.15, 0.2) is 114 Å². The number of thiazole rings is 2. The van der Waals surface area contributed by atoms with E-state index in [4.69, 9.17) is 9.47 Å². The van der Waals surface area contributed by atoms with Gasteiger partial charge in [-0.2, -0.15) is 0 Å². The van der Waals surface area contributed by atoms with Crippen molar-refractivity contribution in [3.63, 3.8) is 0 Å². The SMILES string of the molecule is O=C(N[C@H](Cc1ccccc1)CN(Cc1ccccc1)C[C@@H](Cc1ccccc1)NC(=O)OCc1cncs1)OCc1cncs1. The first-order valence-electron chi connectivity index (χ1n) is 15.0. The Morgan fingerprint density at radius 2 is 1.04 bits per heavy atom. The summed E-state index contributed by atoms with van der Waals surface area (Å²) in [6.07, 6.45) is 3.64. The van der Waals surface area contributed by atoms with Crippen LogP contribution in [0.1, 0.15) is 26.4 Å². The molecule has 0 unspecified atom stereocenters. The molecule has 3 aromatic carbocycles. The average molecular weight is 656 g/mol. The van der Waals surface area contributed by atoms with Gasteiger partial charge in [-0.05, 0) is 29.5 Å². The van der Waals surface area contributed by atoms with Crippen LogP contribution in [0.2, 0.25) is 0 Å². The van der Waals surface area contributed by atoms with Gasteiger partial charge in [0.15, 0.2) is 0 Å². The van der Waals surface area contributed by atoms with Crippen molar-refractivity contribution in [2.45, 2.75) is 44.7 Å². The maximum atomic E-state index is 13.0. The Morgan fingerprint density at radius 1 is 0.630 bits per heavy atom. The normalized spacial score (nSPS) is 12.3. The number of amides is 2. The molecule has 0 bridgehead atoms. The third-order valence-electron chi connectivity index (χ3n) is 7.16. The number of benzene rings is 3. The van der Waals surface area contributed by atoms with Crippen molar-refractivity contribution < 1.29 is 19.1 Å². The molecule has 11 heteroatoms. The summed E-state index contributed by atoms with van der Waals surface area (Å²) in [4.78, 5) is 38.2. The summed E-state index contributed by atoms with van der Waals surface area (Å²) >= 11 is 2.88. The number of hydrogen-bond acceptors (Lipinski definition) is 9. The molecular weight excluding hydrogens is 619 g/mol. The van der Waals surface area contributed by atoms with Crippen LogP contribution in [-0.2, 0) is 42.1 Å². The zero-order chi connectivity index (χ0) is 31.8. The summed E-state index contributed by atoms with van der Waals surface area (Å²) in [6.45, 7) is 1.97. The fraction of sp³-hybridized carbons (Fsp3) is 0.257. The molecule has 0 saturated heterocycles. The van der Waals surface area contributed by atoms with Crippen LogP contribution >= 0.6 is 22.7 Å². The van der Waals surface area contributed by atoms with Crippen LogP contribution in [0.5, 0.6) is 0 Å². The van der Waals surface area contributed by atoms with E-state index >= 15 is 0 Å². The molecule has 238 valence electrons. The highest BCUT2D eigenvalue weighted by Crippen LogP contribution is 2.14. The van der Waals surface area contributed by atoms with E-state index in [1.54, 1.807) is 23.4 Å². The van der Waals surface area contributed by atoms with E-state index in [0.717, 1.165) is 26.4 Å². The van der Waals surface area contributed by atoms with Crippen molar-refractivity contribution in [3.8, 4) is 0 Å². The molecule has 0 saturated carbocycles. The van der Waals surface area contributed by atoms with Crippen LogP contribution in [0.4, 0.5) is 9.59 Å². The Kier molecular flexibility index (Phi) is 12.7. The number of nitrogens with zero attached hydrogens (tertiary/aromatic N) is 3. The Hall–Kier alpha value is -4.58. The molecule has 0 fully saturated rings. The second-order valence-corrected chi connectivity index (χ2v) is 12.8.